The second-order valence-corrected chi connectivity index (χ2v) is 7.44. The van der Waals surface area contributed by atoms with Crippen LogP contribution in [0.4, 0.5) is 0 Å². The zero-order chi connectivity index (χ0) is 21.2. The van der Waals surface area contributed by atoms with Gasteiger partial charge in [0.05, 0.1) is 0 Å². The fourth-order valence-corrected chi connectivity index (χ4v) is 3.57. The van der Waals surface area contributed by atoms with Crippen LogP contribution in [0.1, 0.15) is 18.1 Å². The first-order valence-corrected chi connectivity index (χ1v) is 10.5. The molecule has 1 aromatic heterocycles. The first kappa shape index (κ1) is 21.5. The molecule has 0 N–H and O–H groups in total. The van der Waals surface area contributed by atoms with E-state index in [4.69, 9.17) is 0 Å². The van der Waals surface area contributed by atoms with Gasteiger partial charge in [-0.15, -0.1) is 0 Å². The highest BCUT2D eigenvalue weighted by Gasteiger charge is 2.24. The van der Waals surface area contributed by atoms with Gasteiger partial charge in [0.25, 0.3) is 5.91 Å². The van der Waals surface area contributed by atoms with E-state index in [1.54, 1.807) is 23.5 Å². The van der Waals surface area contributed by atoms with E-state index in [2.05, 4.69) is 28.1 Å². The highest BCUT2D eigenvalue weighted by molar-refractivity contribution is 5.97. The van der Waals surface area contributed by atoms with E-state index in [1.165, 1.54) is 11.1 Å². The molecular formula is C24H29N5O. The van der Waals surface area contributed by atoms with Crippen LogP contribution in [0.15, 0.2) is 66.6 Å². The Hall–Kier alpha value is -3.17. The SMILES string of the molecule is CCN(/C=C(/C#N)C(=O)N1CCN(Cc2ccccc2)CC1)CCc1ccncc1. The lowest BCUT2D eigenvalue weighted by Crippen LogP contribution is -2.48. The van der Waals surface area contributed by atoms with Crippen LogP contribution in [0.5, 0.6) is 0 Å². The van der Waals surface area contributed by atoms with Crippen molar-refractivity contribution in [2.24, 2.45) is 0 Å². The lowest BCUT2D eigenvalue weighted by molar-refractivity contribution is -0.128. The van der Waals surface area contributed by atoms with Gasteiger partial charge in [-0.2, -0.15) is 5.26 Å². The first-order chi connectivity index (χ1) is 14.7. The maximum absolute atomic E-state index is 12.9. The van der Waals surface area contributed by atoms with Crippen LogP contribution < -0.4 is 0 Å². The van der Waals surface area contributed by atoms with E-state index in [-0.39, 0.29) is 11.5 Å². The van der Waals surface area contributed by atoms with Crippen molar-refractivity contribution in [3.63, 3.8) is 0 Å². The Morgan fingerprint density at radius 3 is 2.43 bits per heavy atom. The number of carbonyl (C=O) groups excluding carboxylic acids is 1. The van der Waals surface area contributed by atoms with Crippen molar-refractivity contribution in [2.45, 2.75) is 19.9 Å². The summed E-state index contributed by atoms with van der Waals surface area (Å²) in [5.74, 6) is -0.167. The van der Waals surface area contributed by atoms with Gasteiger partial charge in [0.1, 0.15) is 11.6 Å². The van der Waals surface area contributed by atoms with Crippen molar-refractivity contribution >= 4 is 5.91 Å². The molecule has 2 aromatic rings. The summed E-state index contributed by atoms with van der Waals surface area (Å²) in [4.78, 5) is 23.1. The van der Waals surface area contributed by atoms with Crippen molar-refractivity contribution < 1.29 is 4.79 Å². The molecule has 0 spiro atoms. The topological polar surface area (TPSA) is 63.5 Å². The fourth-order valence-electron chi connectivity index (χ4n) is 3.57. The van der Waals surface area contributed by atoms with E-state index < -0.39 is 0 Å². The molecule has 1 aliphatic heterocycles. The van der Waals surface area contributed by atoms with E-state index >= 15 is 0 Å². The van der Waals surface area contributed by atoms with Gasteiger partial charge in [-0.1, -0.05) is 30.3 Å². The molecule has 156 valence electrons. The van der Waals surface area contributed by atoms with Gasteiger partial charge >= 0.3 is 0 Å². The number of carbonyl (C=O) groups is 1. The lowest BCUT2D eigenvalue weighted by Gasteiger charge is -2.34. The van der Waals surface area contributed by atoms with E-state index in [0.717, 1.165) is 39.1 Å². The molecule has 0 atom stereocenters. The van der Waals surface area contributed by atoms with Crippen LogP contribution in [0.2, 0.25) is 0 Å². The largest absolute Gasteiger partial charge is 0.376 e. The number of hydrogen-bond donors (Lipinski definition) is 0. The Morgan fingerprint density at radius 1 is 1.10 bits per heavy atom. The third-order valence-corrected chi connectivity index (χ3v) is 5.41. The van der Waals surface area contributed by atoms with Crippen LogP contribution in [0.3, 0.4) is 0 Å². The lowest BCUT2D eigenvalue weighted by atomic mass is 10.1. The summed E-state index contributed by atoms with van der Waals surface area (Å²) in [6.45, 7) is 7.35. The van der Waals surface area contributed by atoms with Crippen LogP contribution in [-0.4, -0.2) is 64.9 Å². The molecule has 0 aliphatic carbocycles. The zero-order valence-electron chi connectivity index (χ0n) is 17.6. The fraction of sp³-hybridized carbons (Fsp3) is 0.375. The molecule has 1 aliphatic rings. The monoisotopic (exact) mass is 403 g/mol. The molecule has 6 nitrogen and oxygen atoms in total. The Labute approximate surface area is 179 Å². The maximum atomic E-state index is 12.9. The minimum atomic E-state index is -0.167. The zero-order valence-corrected chi connectivity index (χ0v) is 17.6. The third-order valence-electron chi connectivity index (χ3n) is 5.41. The molecule has 1 saturated heterocycles. The number of pyridine rings is 1. The molecule has 0 bridgehead atoms. The van der Waals surface area contributed by atoms with Crippen molar-refractivity contribution in [3.05, 3.63) is 77.8 Å². The standard InChI is InChI=1S/C24H29N5O/c1-2-27(13-10-21-8-11-26-12-9-21)20-23(18-25)24(30)29-16-14-28(15-17-29)19-22-6-4-3-5-7-22/h3-9,11-12,20H,2,10,13-17,19H2,1H3/b23-20-. The van der Waals surface area contributed by atoms with E-state index in [0.29, 0.717) is 13.1 Å². The van der Waals surface area contributed by atoms with Crippen LogP contribution in [-0.2, 0) is 17.8 Å². The Kier molecular flexibility index (Phi) is 7.99. The molecule has 2 heterocycles. The predicted molar refractivity (Wildman–Crippen MR) is 117 cm³/mol. The van der Waals surface area contributed by atoms with Gasteiger partial charge in [0.2, 0.25) is 0 Å². The van der Waals surface area contributed by atoms with Crippen molar-refractivity contribution in [1.82, 2.24) is 19.7 Å². The molecule has 3 rings (SSSR count). The van der Waals surface area contributed by atoms with Crippen LogP contribution >= 0.6 is 0 Å². The van der Waals surface area contributed by atoms with Gasteiger partial charge < -0.3 is 9.80 Å². The highest BCUT2D eigenvalue weighted by atomic mass is 16.2. The summed E-state index contributed by atoms with van der Waals surface area (Å²) >= 11 is 0. The number of nitrogens with zero attached hydrogens (tertiary/aromatic N) is 5. The Morgan fingerprint density at radius 2 is 1.80 bits per heavy atom. The molecule has 1 fully saturated rings. The third kappa shape index (κ3) is 6.16. The predicted octanol–water partition coefficient (Wildman–Crippen LogP) is 2.70. The molecule has 1 amide bonds. The summed E-state index contributed by atoms with van der Waals surface area (Å²) in [7, 11) is 0. The number of piperazine rings is 1. The number of likely N-dealkylation sites (N-methyl/N-ethyl adjacent to an activating group) is 1. The first-order valence-electron chi connectivity index (χ1n) is 10.5. The Balaban J connectivity index is 1.54. The average molecular weight is 404 g/mol. The maximum Gasteiger partial charge on any atom is 0.266 e. The molecular weight excluding hydrogens is 374 g/mol. The normalized spacial score (nSPS) is 14.9. The minimum Gasteiger partial charge on any atom is -0.376 e. The molecule has 1 aromatic carbocycles. The summed E-state index contributed by atoms with van der Waals surface area (Å²) < 4.78 is 0. The number of rotatable bonds is 8. The number of amides is 1. The van der Waals surface area contributed by atoms with Crippen LogP contribution in [0.25, 0.3) is 0 Å². The van der Waals surface area contributed by atoms with Gasteiger partial charge in [-0.3, -0.25) is 14.7 Å². The van der Waals surface area contributed by atoms with Crippen molar-refractivity contribution in [2.75, 3.05) is 39.3 Å². The second kappa shape index (κ2) is 11.1. The van der Waals surface area contributed by atoms with E-state index in [1.807, 2.05) is 42.2 Å². The number of hydrogen-bond acceptors (Lipinski definition) is 5. The summed E-state index contributed by atoms with van der Waals surface area (Å²) in [5, 5.41) is 9.59. The quantitative estimate of drug-likeness (QED) is 0.501. The molecule has 30 heavy (non-hydrogen) atoms. The number of aromatic nitrogens is 1. The van der Waals surface area contributed by atoms with Gasteiger partial charge in [-0.05, 0) is 36.6 Å². The molecule has 0 radical (unpaired) electrons. The average Bonchev–Trinajstić information content (AvgIpc) is 2.81. The smallest absolute Gasteiger partial charge is 0.266 e. The minimum absolute atomic E-state index is 0.167. The van der Waals surface area contributed by atoms with Crippen molar-refractivity contribution in [1.29, 1.82) is 5.26 Å². The molecule has 0 unspecified atom stereocenters. The van der Waals surface area contributed by atoms with Gasteiger partial charge in [0, 0.05) is 64.4 Å². The summed E-state index contributed by atoms with van der Waals surface area (Å²) in [6, 6.07) is 16.5. The van der Waals surface area contributed by atoms with Gasteiger partial charge in [0.15, 0.2) is 0 Å². The van der Waals surface area contributed by atoms with E-state index in [9.17, 15) is 10.1 Å². The summed E-state index contributed by atoms with van der Waals surface area (Å²) in [5.41, 5.74) is 2.68. The summed E-state index contributed by atoms with van der Waals surface area (Å²) in [6.07, 6.45) is 6.13. The Bertz CT molecular complexity index is 867. The number of benzene rings is 1. The second-order valence-electron chi connectivity index (χ2n) is 7.44. The van der Waals surface area contributed by atoms with Gasteiger partial charge in [-0.25, -0.2) is 0 Å². The number of nitriles is 1. The van der Waals surface area contributed by atoms with Crippen LogP contribution in [0, 0.1) is 11.3 Å². The highest BCUT2D eigenvalue weighted by Crippen LogP contribution is 2.12. The van der Waals surface area contributed by atoms with Crippen molar-refractivity contribution in [3.8, 4) is 6.07 Å². The molecule has 6 heteroatoms. The molecule has 0 saturated carbocycles.